The van der Waals surface area contributed by atoms with E-state index in [1.165, 1.54) is 0 Å². The number of phenols is 1. The molecule has 0 bridgehead atoms. The minimum absolute atomic E-state index is 0.0130. The second-order valence-electron chi connectivity index (χ2n) is 6.12. The van der Waals surface area contributed by atoms with E-state index in [4.69, 9.17) is 23.2 Å². The standard InChI is InChI=1S/C19H18Cl2O2/c1-2-3-9-19(13-7-5-4-6-8-13)11-12-10-14(22)16(20)17(21)15(12)18(19)23/h4-8,10,22H,2-3,9,11H2,1H3. The van der Waals surface area contributed by atoms with E-state index in [0.717, 1.165) is 30.4 Å². The molecule has 3 rings (SSSR count). The van der Waals surface area contributed by atoms with Crippen LogP contribution in [0.25, 0.3) is 0 Å². The topological polar surface area (TPSA) is 37.3 Å². The zero-order chi connectivity index (χ0) is 16.6. The number of carbonyl (C=O) groups is 1. The SMILES string of the molecule is CCCCC1(c2ccccc2)Cc2cc(O)c(Cl)c(Cl)c2C1=O. The Morgan fingerprint density at radius 2 is 1.87 bits per heavy atom. The van der Waals surface area contributed by atoms with Gasteiger partial charge in [-0.15, -0.1) is 0 Å². The Morgan fingerprint density at radius 3 is 2.52 bits per heavy atom. The van der Waals surface area contributed by atoms with E-state index in [2.05, 4.69) is 6.92 Å². The lowest BCUT2D eigenvalue weighted by Crippen LogP contribution is -2.33. The third-order valence-electron chi connectivity index (χ3n) is 4.71. The molecule has 1 N–H and O–H groups in total. The molecule has 1 atom stereocenters. The van der Waals surface area contributed by atoms with Crippen molar-refractivity contribution in [2.24, 2.45) is 0 Å². The number of aromatic hydroxyl groups is 1. The van der Waals surface area contributed by atoms with E-state index >= 15 is 0 Å². The lowest BCUT2D eigenvalue weighted by Gasteiger charge is -2.28. The van der Waals surface area contributed by atoms with Gasteiger partial charge in [0.2, 0.25) is 0 Å². The van der Waals surface area contributed by atoms with Gasteiger partial charge in [0.15, 0.2) is 5.78 Å². The fourth-order valence-electron chi connectivity index (χ4n) is 3.51. The zero-order valence-electron chi connectivity index (χ0n) is 12.9. The molecule has 0 spiro atoms. The van der Waals surface area contributed by atoms with Crippen molar-refractivity contribution in [3.05, 3.63) is 63.1 Å². The fraction of sp³-hybridized carbons (Fsp3) is 0.316. The summed E-state index contributed by atoms with van der Waals surface area (Å²) in [5.74, 6) is -0.0541. The minimum Gasteiger partial charge on any atom is -0.506 e. The number of unbranched alkanes of at least 4 members (excludes halogenated alkanes) is 1. The van der Waals surface area contributed by atoms with Crippen molar-refractivity contribution < 1.29 is 9.90 Å². The first-order chi connectivity index (χ1) is 11.0. The summed E-state index contributed by atoms with van der Waals surface area (Å²) in [6.07, 6.45) is 3.27. The predicted octanol–water partition coefficient (Wildman–Crippen LogP) is 5.57. The predicted molar refractivity (Wildman–Crippen MR) is 93.8 cm³/mol. The van der Waals surface area contributed by atoms with Crippen molar-refractivity contribution in [3.8, 4) is 5.75 Å². The summed E-state index contributed by atoms with van der Waals surface area (Å²) in [6, 6.07) is 11.4. The molecule has 0 heterocycles. The van der Waals surface area contributed by atoms with Crippen LogP contribution in [0.2, 0.25) is 10.0 Å². The Kier molecular flexibility index (Phi) is 4.39. The van der Waals surface area contributed by atoms with Gasteiger partial charge in [0.1, 0.15) is 10.8 Å². The molecule has 0 amide bonds. The molecule has 0 radical (unpaired) electrons. The van der Waals surface area contributed by atoms with E-state index in [1.54, 1.807) is 6.07 Å². The van der Waals surface area contributed by atoms with Crippen LogP contribution in [0.5, 0.6) is 5.75 Å². The highest BCUT2D eigenvalue weighted by atomic mass is 35.5. The van der Waals surface area contributed by atoms with Gasteiger partial charge >= 0.3 is 0 Å². The maximum absolute atomic E-state index is 13.3. The van der Waals surface area contributed by atoms with Crippen LogP contribution in [0, 0.1) is 0 Å². The van der Waals surface area contributed by atoms with Crippen LogP contribution in [0.3, 0.4) is 0 Å². The molecule has 4 heteroatoms. The summed E-state index contributed by atoms with van der Waals surface area (Å²) >= 11 is 12.3. The van der Waals surface area contributed by atoms with E-state index in [-0.39, 0.29) is 21.6 Å². The normalized spacial score (nSPS) is 19.9. The largest absolute Gasteiger partial charge is 0.506 e. The van der Waals surface area contributed by atoms with E-state index in [9.17, 15) is 9.90 Å². The Balaban J connectivity index is 2.17. The number of phenolic OH excluding ortho intramolecular Hbond substituents is 1. The van der Waals surface area contributed by atoms with Crippen molar-refractivity contribution in [1.82, 2.24) is 0 Å². The van der Waals surface area contributed by atoms with E-state index in [0.29, 0.717) is 12.0 Å². The van der Waals surface area contributed by atoms with Gasteiger partial charge in [0, 0.05) is 5.56 Å². The maximum atomic E-state index is 13.3. The summed E-state index contributed by atoms with van der Waals surface area (Å²) in [7, 11) is 0. The molecular formula is C19H18Cl2O2. The third kappa shape index (κ3) is 2.54. The van der Waals surface area contributed by atoms with Gasteiger partial charge in [-0.2, -0.15) is 0 Å². The van der Waals surface area contributed by atoms with Crippen molar-refractivity contribution in [2.45, 2.75) is 38.0 Å². The van der Waals surface area contributed by atoms with Gasteiger partial charge in [-0.3, -0.25) is 4.79 Å². The molecule has 2 aromatic rings. The second-order valence-corrected chi connectivity index (χ2v) is 6.87. The van der Waals surface area contributed by atoms with Crippen molar-refractivity contribution >= 4 is 29.0 Å². The van der Waals surface area contributed by atoms with Gasteiger partial charge in [-0.25, -0.2) is 0 Å². The summed E-state index contributed by atoms with van der Waals surface area (Å²) in [5.41, 5.74) is 1.64. The summed E-state index contributed by atoms with van der Waals surface area (Å²) < 4.78 is 0. The first-order valence-corrected chi connectivity index (χ1v) is 8.57. The number of rotatable bonds is 4. The van der Waals surface area contributed by atoms with Gasteiger partial charge in [0.05, 0.1) is 10.4 Å². The number of carbonyl (C=O) groups excluding carboxylic acids is 1. The van der Waals surface area contributed by atoms with Crippen LogP contribution in [0.4, 0.5) is 0 Å². The molecule has 0 saturated carbocycles. The highest BCUT2D eigenvalue weighted by Crippen LogP contribution is 2.49. The molecule has 2 nitrogen and oxygen atoms in total. The average molecular weight is 349 g/mol. The smallest absolute Gasteiger partial charge is 0.175 e. The molecule has 1 unspecified atom stereocenters. The van der Waals surface area contributed by atoms with Crippen LogP contribution in [0.15, 0.2) is 36.4 Å². The quantitative estimate of drug-likeness (QED) is 0.784. The van der Waals surface area contributed by atoms with Crippen LogP contribution in [-0.4, -0.2) is 10.9 Å². The summed E-state index contributed by atoms with van der Waals surface area (Å²) in [6.45, 7) is 2.11. The molecule has 120 valence electrons. The third-order valence-corrected chi connectivity index (χ3v) is 5.56. The van der Waals surface area contributed by atoms with Crippen molar-refractivity contribution in [3.63, 3.8) is 0 Å². The second kappa shape index (κ2) is 6.18. The minimum atomic E-state index is -0.611. The first-order valence-electron chi connectivity index (χ1n) is 7.81. The van der Waals surface area contributed by atoms with Crippen molar-refractivity contribution in [1.29, 1.82) is 0 Å². The zero-order valence-corrected chi connectivity index (χ0v) is 14.4. The highest BCUT2D eigenvalue weighted by Gasteiger charge is 2.47. The van der Waals surface area contributed by atoms with Gasteiger partial charge in [-0.05, 0) is 30.0 Å². The number of fused-ring (bicyclic) bond motifs is 1. The maximum Gasteiger partial charge on any atom is 0.175 e. The van der Waals surface area contributed by atoms with Crippen molar-refractivity contribution in [2.75, 3.05) is 0 Å². The highest BCUT2D eigenvalue weighted by molar-refractivity contribution is 6.45. The Bertz CT molecular complexity index is 756. The number of benzene rings is 2. The Labute approximate surface area is 146 Å². The number of hydrogen-bond acceptors (Lipinski definition) is 2. The van der Waals surface area contributed by atoms with Crippen LogP contribution in [0.1, 0.15) is 47.7 Å². The summed E-state index contributed by atoms with van der Waals surface area (Å²) in [5, 5.41) is 10.2. The molecule has 1 aliphatic carbocycles. The lowest BCUT2D eigenvalue weighted by molar-refractivity contribution is 0.0892. The molecule has 0 aliphatic heterocycles. The molecule has 0 saturated heterocycles. The molecule has 2 aromatic carbocycles. The summed E-state index contributed by atoms with van der Waals surface area (Å²) in [4.78, 5) is 13.3. The molecule has 0 aromatic heterocycles. The van der Waals surface area contributed by atoms with Gasteiger partial charge in [-0.1, -0.05) is 73.3 Å². The number of hydrogen-bond donors (Lipinski definition) is 1. The first kappa shape index (κ1) is 16.4. The van der Waals surface area contributed by atoms with Gasteiger partial charge in [0.25, 0.3) is 0 Å². The lowest BCUT2D eigenvalue weighted by atomic mass is 9.73. The number of Topliss-reactive ketones (excluding diaryl/α,β-unsaturated/α-hetero) is 1. The fourth-order valence-corrected chi connectivity index (χ4v) is 3.96. The number of halogens is 2. The molecule has 23 heavy (non-hydrogen) atoms. The van der Waals surface area contributed by atoms with E-state index in [1.807, 2.05) is 30.3 Å². The monoisotopic (exact) mass is 348 g/mol. The number of ketones is 1. The average Bonchev–Trinajstić information content (AvgIpc) is 2.84. The van der Waals surface area contributed by atoms with Crippen LogP contribution in [-0.2, 0) is 11.8 Å². The Hall–Kier alpha value is -1.51. The van der Waals surface area contributed by atoms with Gasteiger partial charge < -0.3 is 5.11 Å². The Morgan fingerprint density at radius 1 is 1.17 bits per heavy atom. The van der Waals surface area contributed by atoms with Crippen LogP contribution < -0.4 is 0 Å². The molecular weight excluding hydrogens is 331 g/mol. The van der Waals surface area contributed by atoms with Crippen LogP contribution >= 0.6 is 23.2 Å². The van der Waals surface area contributed by atoms with E-state index < -0.39 is 5.41 Å². The molecule has 0 fully saturated rings. The molecule has 1 aliphatic rings.